The molecule has 0 radical (unpaired) electrons. The molecule has 0 fully saturated rings. The van der Waals surface area contributed by atoms with Crippen LogP contribution in [0.3, 0.4) is 0 Å². The van der Waals surface area contributed by atoms with Crippen LogP contribution in [0.5, 0.6) is 0 Å². The summed E-state index contributed by atoms with van der Waals surface area (Å²) in [6.45, 7) is 0. The first-order valence-electron chi connectivity index (χ1n) is 3.23. The van der Waals surface area contributed by atoms with E-state index in [0.717, 1.165) is 0 Å². The lowest BCUT2D eigenvalue weighted by molar-refractivity contribution is 1.15. The fourth-order valence-electron chi connectivity index (χ4n) is 0.926. The Kier molecular flexibility index (Phi) is 2.40. The molecule has 0 amide bonds. The molecular formula is C5H3I2N5O. The van der Waals surface area contributed by atoms with Crippen LogP contribution in [0.25, 0.3) is 11.2 Å². The van der Waals surface area contributed by atoms with E-state index in [4.69, 9.17) is 0 Å². The summed E-state index contributed by atoms with van der Waals surface area (Å²) in [4.78, 5) is 22.3. The van der Waals surface area contributed by atoms with Crippen LogP contribution >= 0.6 is 45.7 Å². The van der Waals surface area contributed by atoms with E-state index < -0.39 is 0 Å². The number of nitrogens with zero attached hydrogens (tertiary/aromatic N) is 3. The van der Waals surface area contributed by atoms with Gasteiger partial charge in [0.2, 0.25) is 5.95 Å². The fraction of sp³-hybridized carbons (Fsp3) is 0. The quantitative estimate of drug-likeness (QED) is 0.553. The molecule has 13 heavy (non-hydrogen) atoms. The summed E-state index contributed by atoms with van der Waals surface area (Å²) in [5.41, 5.74) is 0.698. The molecular weight excluding hydrogens is 400 g/mol. The fourth-order valence-corrected chi connectivity index (χ4v) is 2.22. The van der Waals surface area contributed by atoms with Crippen molar-refractivity contribution < 1.29 is 0 Å². The van der Waals surface area contributed by atoms with Crippen molar-refractivity contribution in [3.05, 3.63) is 16.7 Å². The minimum atomic E-state index is -0.151. The summed E-state index contributed by atoms with van der Waals surface area (Å²) >= 11 is 3.79. The number of anilines is 1. The van der Waals surface area contributed by atoms with Crippen molar-refractivity contribution in [1.29, 1.82) is 0 Å². The van der Waals surface area contributed by atoms with Crippen LogP contribution < -0.4 is 9.09 Å². The van der Waals surface area contributed by atoms with E-state index in [9.17, 15) is 4.79 Å². The smallest absolute Gasteiger partial charge is 0.289 e. The van der Waals surface area contributed by atoms with Gasteiger partial charge in [-0.15, -0.1) is 0 Å². The van der Waals surface area contributed by atoms with E-state index >= 15 is 0 Å². The number of aromatic nitrogens is 4. The first-order chi connectivity index (χ1) is 6.24. The van der Waals surface area contributed by atoms with Gasteiger partial charge in [-0.3, -0.25) is 8.32 Å². The summed E-state index contributed by atoms with van der Waals surface area (Å²) in [5, 5.41) is 0. The molecule has 0 aliphatic heterocycles. The van der Waals surface area contributed by atoms with Gasteiger partial charge in [-0.05, 0) is 0 Å². The van der Waals surface area contributed by atoms with E-state index in [0.29, 0.717) is 17.1 Å². The van der Waals surface area contributed by atoms with Crippen molar-refractivity contribution >= 4 is 62.8 Å². The van der Waals surface area contributed by atoms with Gasteiger partial charge in [0, 0.05) is 0 Å². The summed E-state index contributed by atoms with van der Waals surface area (Å²) in [7, 11) is 0. The number of hydrogen-bond donors (Lipinski definition) is 2. The number of nitrogens with one attached hydrogen (secondary N) is 2. The number of rotatable bonds is 1. The highest BCUT2D eigenvalue weighted by atomic mass is 127. The topological polar surface area (TPSA) is 75.6 Å². The van der Waals surface area contributed by atoms with E-state index in [1.54, 1.807) is 0 Å². The van der Waals surface area contributed by atoms with E-state index in [2.05, 4.69) is 18.5 Å². The second-order valence-electron chi connectivity index (χ2n) is 2.22. The van der Waals surface area contributed by atoms with E-state index in [1.807, 2.05) is 45.7 Å². The Balaban J connectivity index is 2.92. The van der Waals surface area contributed by atoms with Gasteiger partial charge in [0.15, 0.2) is 11.2 Å². The Morgan fingerprint density at radius 2 is 2.38 bits per heavy atom. The molecule has 2 N–H and O–H groups in total. The molecule has 2 rings (SSSR count). The molecule has 0 aliphatic carbocycles. The lowest BCUT2D eigenvalue weighted by Crippen LogP contribution is -2.16. The van der Waals surface area contributed by atoms with Gasteiger partial charge in [0.1, 0.15) is 0 Å². The second kappa shape index (κ2) is 3.40. The maximum atomic E-state index is 11.6. The zero-order chi connectivity index (χ0) is 9.42. The zero-order valence-electron chi connectivity index (χ0n) is 6.08. The van der Waals surface area contributed by atoms with Gasteiger partial charge >= 0.3 is 0 Å². The van der Waals surface area contributed by atoms with Crippen molar-refractivity contribution in [2.75, 3.05) is 3.53 Å². The molecule has 2 aromatic rings. The van der Waals surface area contributed by atoms with Gasteiger partial charge in [-0.2, -0.15) is 4.98 Å². The van der Waals surface area contributed by atoms with Crippen LogP contribution in [0, 0.1) is 0 Å². The highest BCUT2D eigenvalue weighted by Gasteiger charge is 2.09. The average Bonchev–Trinajstić information content (AvgIpc) is 2.59. The number of hydrogen-bond acceptors (Lipinski definition) is 4. The minimum Gasteiger partial charge on any atom is -0.339 e. The number of H-pyrrole nitrogens is 1. The second-order valence-corrected chi connectivity index (χ2v) is 3.72. The van der Waals surface area contributed by atoms with Crippen molar-refractivity contribution in [3.8, 4) is 0 Å². The summed E-state index contributed by atoms with van der Waals surface area (Å²) in [6.07, 6.45) is 1.45. The number of halogens is 2. The molecule has 2 heterocycles. The molecule has 0 saturated carbocycles. The summed E-state index contributed by atoms with van der Waals surface area (Å²) < 4.78 is 4.17. The Morgan fingerprint density at radius 3 is 3.08 bits per heavy atom. The van der Waals surface area contributed by atoms with Crippen molar-refractivity contribution in [1.82, 2.24) is 17.7 Å². The molecule has 0 saturated heterocycles. The van der Waals surface area contributed by atoms with Crippen LogP contribution in [0.15, 0.2) is 11.1 Å². The van der Waals surface area contributed by atoms with Crippen LogP contribution in [-0.2, 0) is 0 Å². The minimum absolute atomic E-state index is 0.151. The molecule has 0 atom stereocenters. The van der Waals surface area contributed by atoms with Gasteiger partial charge in [-0.1, -0.05) is 0 Å². The average molecular weight is 403 g/mol. The highest BCUT2D eigenvalue weighted by molar-refractivity contribution is 14.1. The molecule has 0 aliphatic rings. The van der Waals surface area contributed by atoms with Gasteiger partial charge < -0.3 is 4.98 Å². The Hall–Kier alpha value is -0.390. The SMILES string of the molecule is O=c1c2[nH]cnc2nc(NI)n1I. The van der Waals surface area contributed by atoms with E-state index in [1.165, 1.54) is 9.11 Å². The Morgan fingerprint density at radius 1 is 1.62 bits per heavy atom. The lowest BCUT2D eigenvalue weighted by Gasteiger charge is -2.01. The third kappa shape index (κ3) is 1.41. The molecule has 68 valence electrons. The first-order valence-corrected chi connectivity index (χ1v) is 5.27. The summed E-state index contributed by atoms with van der Waals surface area (Å²) in [5.74, 6) is 0.478. The molecule has 2 aromatic heterocycles. The number of imidazole rings is 1. The van der Waals surface area contributed by atoms with Gasteiger partial charge in [-0.25, -0.2) is 7.76 Å². The number of fused-ring (bicyclic) bond motifs is 1. The van der Waals surface area contributed by atoms with E-state index in [-0.39, 0.29) is 5.56 Å². The van der Waals surface area contributed by atoms with Crippen molar-refractivity contribution in [2.24, 2.45) is 0 Å². The predicted molar refractivity (Wildman–Crippen MR) is 65.2 cm³/mol. The molecule has 0 spiro atoms. The normalized spacial score (nSPS) is 10.6. The Bertz CT molecular complexity index is 503. The molecule has 0 aromatic carbocycles. The largest absolute Gasteiger partial charge is 0.339 e. The van der Waals surface area contributed by atoms with Crippen LogP contribution in [0.4, 0.5) is 5.95 Å². The van der Waals surface area contributed by atoms with Crippen molar-refractivity contribution in [3.63, 3.8) is 0 Å². The van der Waals surface area contributed by atoms with Gasteiger partial charge in [0.05, 0.1) is 52.1 Å². The maximum Gasteiger partial charge on any atom is 0.289 e. The number of aromatic amines is 1. The molecule has 0 unspecified atom stereocenters. The summed E-state index contributed by atoms with van der Waals surface area (Å²) in [6, 6.07) is 0. The standard InChI is InChI=1S/C5H3I2N5O/c6-11-5-10-3-2(8-1-9-3)4(13)12(5)7/h1H,(H,8,9)(H,10,11). The third-order valence-electron chi connectivity index (χ3n) is 1.49. The molecule has 8 heteroatoms. The van der Waals surface area contributed by atoms with Crippen LogP contribution in [0.1, 0.15) is 0 Å². The highest BCUT2D eigenvalue weighted by Crippen LogP contribution is 2.10. The predicted octanol–water partition coefficient (Wildman–Crippen LogP) is 1.08. The molecule has 6 nitrogen and oxygen atoms in total. The van der Waals surface area contributed by atoms with Crippen molar-refractivity contribution in [2.45, 2.75) is 0 Å². The lowest BCUT2D eigenvalue weighted by atomic mass is 10.5. The van der Waals surface area contributed by atoms with Gasteiger partial charge in [0.25, 0.3) is 5.56 Å². The molecule has 0 bridgehead atoms. The Labute approximate surface area is 100 Å². The third-order valence-corrected chi connectivity index (χ3v) is 2.87. The monoisotopic (exact) mass is 403 g/mol. The zero-order valence-corrected chi connectivity index (χ0v) is 10.4. The van der Waals surface area contributed by atoms with Crippen LogP contribution in [-0.4, -0.2) is 17.7 Å². The van der Waals surface area contributed by atoms with Crippen LogP contribution in [0.2, 0.25) is 0 Å². The first kappa shape index (κ1) is 9.18. The maximum absolute atomic E-state index is 11.6.